The van der Waals surface area contributed by atoms with Crippen LogP contribution in [0.15, 0.2) is 0 Å². The summed E-state index contributed by atoms with van der Waals surface area (Å²) in [7, 11) is 0. The van der Waals surface area contributed by atoms with Gasteiger partial charge in [-0.05, 0) is 25.7 Å². The maximum absolute atomic E-state index is 12.2. The van der Waals surface area contributed by atoms with E-state index in [2.05, 4.69) is 13.8 Å². The Morgan fingerprint density at radius 3 is 2.00 bits per heavy atom. The average molecular weight is 401 g/mol. The van der Waals surface area contributed by atoms with Crippen molar-refractivity contribution < 1.29 is 28.5 Å². The summed E-state index contributed by atoms with van der Waals surface area (Å²) in [6.07, 6.45) is 12.7. The van der Waals surface area contributed by atoms with Gasteiger partial charge in [0.05, 0.1) is 13.2 Å². The predicted octanol–water partition coefficient (Wildman–Crippen LogP) is 4.73. The van der Waals surface area contributed by atoms with Crippen molar-refractivity contribution in [1.29, 1.82) is 0 Å². The molecule has 0 aromatic carbocycles. The Hall–Kier alpha value is -0.690. The summed E-state index contributed by atoms with van der Waals surface area (Å²) in [5.41, 5.74) is 0. The van der Waals surface area contributed by atoms with Crippen LogP contribution in [0.2, 0.25) is 0 Å². The fraction of sp³-hybridized carbons (Fsp3) is 0.955. The minimum atomic E-state index is -0.614. The van der Waals surface area contributed by atoms with Crippen LogP contribution in [0.1, 0.15) is 90.9 Å². The summed E-state index contributed by atoms with van der Waals surface area (Å²) >= 11 is 0. The SMILES string of the molecule is CCCCCCCC1OCC(COC(=O)C2COC(CCCCCCC)O2)O1. The van der Waals surface area contributed by atoms with Gasteiger partial charge in [-0.3, -0.25) is 0 Å². The van der Waals surface area contributed by atoms with Gasteiger partial charge in [-0.1, -0.05) is 65.2 Å². The molecule has 0 amide bonds. The number of hydrogen-bond donors (Lipinski definition) is 0. The number of esters is 1. The minimum Gasteiger partial charge on any atom is -0.461 e. The Bertz CT molecular complexity index is 416. The van der Waals surface area contributed by atoms with E-state index >= 15 is 0 Å². The van der Waals surface area contributed by atoms with Crippen LogP contribution in [0.5, 0.6) is 0 Å². The summed E-state index contributed by atoms with van der Waals surface area (Å²) in [6, 6.07) is 0. The largest absolute Gasteiger partial charge is 0.461 e. The van der Waals surface area contributed by atoms with E-state index in [1.165, 1.54) is 51.4 Å². The van der Waals surface area contributed by atoms with E-state index in [-0.39, 0.29) is 37.9 Å². The molecular formula is C22H40O6. The molecule has 28 heavy (non-hydrogen) atoms. The van der Waals surface area contributed by atoms with Crippen molar-refractivity contribution in [2.45, 2.75) is 116 Å². The first kappa shape index (κ1) is 23.6. The van der Waals surface area contributed by atoms with E-state index in [1.54, 1.807) is 0 Å². The number of unbranched alkanes of at least 4 members (excludes halogenated alkanes) is 8. The smallest absolute Gasteiger partial charge is 0.337 e. The highest BCUT2D eigenvalue weighted by Gasteiger charge is 2.34. The van der Waals surface area contributed by atoms with Crippen LogP contribution in [0, 0.1) is 0 Å². The lowest BCUT2D eigenvalue weighted by molar-refractivity contribution is -0.161. The lowest BCUT2D eigenvalue weighted by Crippen LogP contribution is -2.30. The van der Waals surface area contributed by atoms with Gasteiger partial charge in [-0.25, -0.2) is 4.79 Å². The van der Waals surface area contributed by atoms with Gasteiger partial charge in [0.25, 0.3) is 0 Å². The molecule has 2 fully saturated rings. The zero-order valence-corrected chi connectivity index (χ0v) is 17.9. The molecule has 2 aliphatic heterocycles. The summed E-state index contributed by atoms with van der Waals surface area (Å²) in [5.74, 6) is -0.361. The first-order valence-corrected chi connectivity index (χ1v) is 11.4. The normalized spacial score (nSPS) is 27.4. The van der Waals surface area contributed by atoms with Gasteiger partial charge in [-0.2, -0.15) is 0 Å². The lowest BCUT2D eigenvalue weighted by atomic mass is 10.1. The third-order valence-corrected chi connectivity index (χ3v) is 5.32. The summed E-state index contributed by atoms with van der Waals surface area (Å²) in [5, 5.41) is 0. The second-order valence-corrected chi connectivity index (χ2v) is 7.94. The molecule has 6 heteroatoms. The van der Waals surface area contributed by atoms with Crippen LogP contribution < -0.4 is 0 Å². The van der Waals surface area contributed by atoms with E-state index in [1.807, 2.05) is 0 Å². The molecule has 0 spiro atoms. The fourth-order valence-electron chi connectivity index (χ4n) is 3.58. The van der Waals surface area contributed by atoms with Gasteiger partial charge in [0.1, 0.15) is 12.7 Å². The molecule has 4 atom stereocenters. The van der Waals surface area contributed by atoms with Crippen molar-refractivity contribution in [2.24, 2.45) is 0 Å². The van der Waals surface area contributed by atoms with Crippen LogP contribution in [0.4, 0.5) is 0 Å². The van der Waals surface area contributed by atoms with E-state index in [0.717, 1.165) is 25.7 Å². The molecule has 0 radical (unpaired) electrons. The van der Waals surface area contributed by atoms with E-state index < -0.39 is 6.10 Å². The van der Waals surface area contributed by atoms with Gasteiger partial charge >= 0.3 is 5.97 Å². The Labute approximate surface area is 170 Å². The van der Waals surface area contributed by atoms with Crippen LogP contribution in [0.25, 0.3) is 0 Å². The maximum atomic E-state index is 12.2. The summed E-state index contributed by atoms with van der Waals surface area (Å²) in [4.78, 5) is 12.2. The van der Waals surface area contributed by atoms with Crippen molar-refractivity contribution in [3.05, 3.63) is 0 Å². The number of carbonyl (C=O) groups is 1. The first-order chi connectivity index (χ1) is 13.7. The van der Waals surface area contributed by atoms with Gasteiger partial charge < -0.3 is 23.7 Å². The zero-order chi connectivity index (χ0) is 20.0. The molecule has 0 aliphatic carbocycles. The zero-order valence-electron chi connectivity index (χ0n) is 17.9. The summed E-state index contributed by atoms with van der Waals surface area (Å²) < 4.78 is 28.1. The van der Waals surface area contributed by atoms with Crippen molar-refractivity contribution in [2.75, 3.05) is 19.8 Å². The standard InChI is InChI=1S/C22H40O6/c1-3-5-7-9-11-13-20-24-15-18(27-20)16-26-22(23)19-17-25-21(28-19)14-12-10-8-6-4-2/h18-21H,3-17H2,1-2H3. The fourth-order valence-corrected chi connectivity index (χ4v) is 3.58. The monoisotopic (exact) mass is 400 g/mol. The van der Waals surface area contributed by atoms with Crippen molar-refractivity contribution in [1.82, 2.24) is 0 Å². The number of hydrogen-bond acceptors (Lipinski definition) is 6. The summed E-state index contributed by atoms with van der Waals surface area (Å²) in [6.45, 7) is 5.40. The molecular weight excluding hydrogens is 360 g/mol. The van der Waals surface area contributed by atoms with Crippen molar-refractivity contribution in [3.63, 3.8) is 0 Å². The molecule has 2 heterocycles. The Kier molecular flexibility index (Phi) is 12.1. The molecule has 0 N–H and O–H groups in total. The number of carbonyl (C=O) groups excluding carboxylic acids is 1. The third-order valence-electron chi connectivity index (χ3n) is 5.32. The molecule has 0 bridgehead atoms. The molecule has 4 unspecified atom stereocenters. The highest BCUT2D eigenvalue weighted by Crippen LogP contribution is 2.21. The molecule has 6 nitrogen and oxygen atoms in total. The van der Waals surface area contributed by atoms with Gasteiger partial charge in [0.15, 0.2) is 18.7 Å². The maximum Gasteiger partial charge on any atom is 0.337 e. The molecule has 0 saturated carbocycles. The van der Waals surface area contributed by atoms with Crippen molar-refractivity contribution in [3.8, 4) is 0 Å². The Morgan fingerprint density at radius 2 is 1.36 bits per heavy atom. The van der Waals surface area contributed by atoms with Crippen LogP contribution in [-0.4, -0.2) is 50.6 Å². The first-order valence-electron chi connectivity index (χ1n) is 11.4. The quantitative estimate of drug-likeness (QED) is 0.292. The van der Waals surface area contributed by atoms with E-state index in [0.29, 0.717) is 6.61 Å². The van der Waals surface area contributed by atoms with Crippen LogP contribution in [-0.2, 0) is 28.5 Å². The molecule has 164 valence electrons. The topological polar surface area (TPSA) is 63.2 Å². The molecule has 2 rings (SSSR count). The number of rotatable bonds is 15. The molecule has 2 saturated heterocycles. The molecule has 0 aromatic rings. The second kappa shape index (κ2) is 14.3. The highest BCUT2D eigenvalue weighted by molar-refractivity contribution is 5.75. The number of ether oxygens (including phenoxy) is 5. The van der Waals surface area contributed by atoms with Gasteiger partial charge in [0.2, 0.25) is 0 Å². The van der Waals surface area contributed by atoms with Crippen LogP contribution >= 0.6 is 0 Å². The lowest BCUT2D eigenvalue weighted by Gasteiger charge is -2.14. The average Bonchev–Trinajstić information content (AvgIpc) is 3.35. The Morgan fingerprint density at radius 1 is 0.786 bits per heavy atom. The second-order valence-electron chi connectivity index (χ2n) is 7.94. The Balaban J connectivity index is 1.51. The minimum absolute atomic E-state index is 0.159. The molecule has 2 aliphatic rings. The highest BCUT2D eigenvalue weighted by atomic mass is 16.7. The van der Waals surface area contributed by atoms with Gasteiger partial charge in [0, 0.05) is 0 Å². The van der Waals surface area contributed by atoms with Crippen LogP contribution in [0.3, 0.4) is 0 Å². The van der Waals surface area contributed by atoms with Gasteiger partial charge in [-0.15, -0.1) is 0 Å². The third kappa shape index (κ3) is 9.21. The molecule has 0 aromatic heterocycles. The van der Waals surface area contributed by atoms with E-state index in [4.69, 9.17) is 23.7 Å². The predicted molar refractivity (Wildman–Crippen MR) is 107 cm³/mol. The van der Waals surface area contributed by atoms with Crippen molar-refractivity contribution >= 4 is 5.97 Å². The van der Waals surface area contributed by atoms with E-state index in [9.17, 15) is 4.79 Å².